The van der Waals surface area contributed by atoms with E-state index in [4.69, 9.17) is 9.47 Å². The highest BCUT2D eigenvalue weighted by molar-refractivity contribution is 5.78. The molecule has 0 aliphatic carbocycles. The lowest BCUT2D eigenvalue weighted by Gasteiger charge is -2.37. The van der Waals surface area contributed by atoms with Crippen LogP contribution in [0.15, 0.2) is 24.3 Å². The van der Waals surface area contributed by atoms with Crippen LogP contribution in [0.2, 0.25) is 0 Å². The molecule has 1 fully saturated rings. The van der Waals surface area contributed by atoms with E-state index in [0.29, 0.717) is 6.54 Å². The minimum Gasteiger partial charge on any atom is -0.496 e. The normalized spacial score (nSPS) is 19.3. The van der Waals surface area contributed by atoms with E-state index in [-0.39, 0.29) is 18.6 Å². The van der Waals surface area contributed by atoms with Gasteiger partial charge >= 0.3 is 0 Å². The number of methoxy groups -OCH3 is 2. The van der Waals surface area contributed by atoms with Gasteiger partial charge in [-0.1, -0.05) is 18.2 Å². The molecule has 19 heavy (non-hydrogen) atoms. The SMILES string of the molecule is COCC(=O)N1CCNCC1c1ccccc1OC. The lowest BCUT2D eigenvalue weighted by molar-refractivity contribution is -0.138. The van der Waals surface area contributed by atoms with Crippen molar-refractivity contribution in [1.82, 2.24) is 10.2 Å². The van der Waals surface area contributed by atoms with E-state index in [1.54, 1.807) is 7.11 Å². The number of carbonyl (C=O) groups excluding carboxylic acids is 1. The largest absolute Gasteiger partial charge is 0.496 e. The third-order valence-electron chi connectivity index (χ3n) is 3.33. The van der Waals surface area contributed by atoms with Crippen LogP contribution in [-0.4, -0.2) is 51.3 Å². The number of para-hydroxylation sites is 1. The minimum absolute atomic E-state index is 0.00690. The number of hydrogen-bond donors (Lipinski definition) is 1. The molecule has 1 amide bonds. The van der Waals surface area contributed by atoms with Gasteiger partial charge in [-0.2, -0.15) is 0 Å². The van der Waals surface area contributed by atoms with Crippen molar-refractivity contribution in [3.8, 4) is 5.75 Å². The Bertz CT molecular complexity index is 436. The van der Waals surface area contributed by atoms with E-state index in [9.17, 15) is 4.79 Å². The summed E-state index contributed by atoms with van der Waals surface area (Å²) in [7, 11) is 3.19. The van der Waals surface area contributed by atoms with Crippen LogP contribution in [0.3, 0.4) is 0 Å². The first-order valence-electron chi connectivity index (χ1n) is 6.40. The fraction of sp³-hybridized carbons (Fsp3) is 0.500. The summed E-state index contributed by atoms with van der Waals surface area (Å²) >= 11 is 0. The monoisotopic (exact) mass is 264 g/mol. The molecule has 0 saturated carbocycles. The van der Waals surface area contributed by atoms with Crippen LogP contribution in [0.4, 0.5) is 0 Å². The highest BCUT2D eigenvalue weighted by atomic mass is 16.5. The molecule has 1 aromatic rings. The van der Waals surface area contributed by atoms with E-state index in [0.717, 1.165) is 24.4 Å². The number of nitrogens with zero attached hydrogens (tertiary/aromatic N) is 1. The molecule has 0 aromatic heterocycles. The summed E-state index contributed by atoms with van der Waals surface area (Å²) in [5, 5.41) is 3.32. The Hall–Kier alpha value is -1.59. The van der Waals surface area contributed by atoms with Crippen LogP contribution in [0, 0.1) is 0 Å². The van der Waals surface area contributed by atoms with Gasteiger partial charge < -0.3 is 19.7 Å². The lowest BCUT2D eigenvalue weighted by atomic mass is 10.0. The molecule has 1 heterocycles. The molecule has 5 nitrogen and oxygen atoms in total. The number of nitrogens with one attached hydrogen (secondary N) is 1. The second-order valence-corrected chi connectivity index (χ2v) is 4.48. The van der Waals surface area contributed by atoms with Crippen molar-refractivity contribution >= 4 is 5.91 Å². The van der Waals surface area contributed by atoms with Crippen LogP contribution >= 0.6 is 0 Å². The van der Waals surface area contributed by atoms with E-state index in [2.05, 4.69) is 5.32 Å². The minimum atomic E-state index is -0.00690. The van der Waals surface area contributed by atoms with Crippen LogP contribution < -0.4 is 10.1 Å². The molecular weight excluding hydrogens is 244 g/mol. The molecule has 0 bridgehead atoms. The molecule has 1 unspecified atom stereocenters. The number of hydrogen-bond acceptors (Lipinski definition) is 4. The maximum atomic E-state index is 12.1. The average Bonchev–Trinajstić information content (AvgIpc) is 2.47. The van der Waals surface area contributed by atoms with Crippen LogP contribution in [-0.2, 0) is 9.53 Å². The van der Waals surface area contributed by atoms with E-state index in [1.165, 1.54) is 7.11 Å². The van der Waals surface area contributed by atoms with Crippen LogP contribution in [0.1, 0.15) is 11.6 Å². The summed E-state index contributed by atoms with van der Waals surface area (Å²) < 4.78 is 10.3. The summed E-state index contributed by atoms with van der Waals surface area (Å²) in [6, 6.07) is 7.81. The van der Waals surface area contributed by atoms with Gasteiger partial charge in [0.05, 0.1) is 13.2 Å². The Morgan fingerprint density at radius 2 is 2.21 bits per heavy atom. The molecule has 5 heteroatoms. The summed E-state index contributed by atoms with van der Waals surface area (Å²) in [4.78, 5) is 14.0. The van der Waals surface area contributed by atoms with Crippen molar-refractivity contribution in [2.24, 2.45) is 0 Å². The Morgan fingerprint density at radius 1 is 1.42 bits per heavy atom. The molecule has 1 atom stereocenters. The van der Waals surface area contributed by atoms with Gasteiger partial charge in [-0.05, 0) is 6.07 Å². The molecule has 0 spiro atoms. The maximum absolute atomic E-state index is 12.1. The highest BCUT2D eigenvalue weighted by Crippen LogP contribution is 2.30. The Balaban J connectivity index is 2.26. The van der Waals surface area contributed by atoms with E-state index in [1.807, 2.05) is 29.2 Å². The van der Waals surface area contributed by atoms with Crippen molar-refractivity contribution < 1.29 is 14.3 Å². The molecule has 1 aromatic carbocycles. The van der Waals surface area contributed by atoms with Crippen LogP contribution in [0.5, 0.6) is 5.75 Å². The molecule has 104 valence electrons. The summed E-state index contributed by atoms with van der Waals surface area (Å²) in [5.74, 6) is 0.825. The van der Waals surface area contributed by atoms with Gasteiger partial charge in [0, 0.05) is 32.3 Å². The first kappa shape index (κ1) is 13.8. The molecule has 1 aliphatic rings. The van der Waals surface area contributed by atoms with Gasteiger partial charge in [0.1, 0.15) is 12.4 Å². The average molecular weight is 264 g/mol. The third-order valence-corrected chi connectivity index (χ3v) is 3.33. The summed E-state index contributed by atoms with van der Waals surface area (Å²) in [6.45, 7) is 2.34. The van der Waals surface area contributed by atoms with Crippen molar-refractivity contribution in [3.63, 3.8) is 0 Å². The van der Waals surface area contributed by atoms with Crippen molar-refractivity contribution in [3.05, 3.63) is 29.8 Å². The number of rotatable bonds is 4. The second kappa shape index (κ2) is 6.54. The summed E-state index contributed by atoms with van der Waals surface area (Å²) in [6.07, 6.45) is 0. The van der Waals surface area contributed by atoms with Crippen molar-refractivity contribution in [1.29, 1.82) is 0 Å². The smallest absolute Gasteiger partial charge is 0.249 e. The molecule has 2 rings (SSSR count). The van der Waals surface area contributed by atoms with E-state index >= 15 is 0 Å². The third kappa shape index (κ3) is 3.05. The Labute approximate surface area is 113 Å². The van der Waals surface area contributed by atoms with Gasteiger partial charge in [0.25, 0.3) is 0 Å². The molecule has 0 radical (unpaired) electrons. The van der Waals surface area contributed by atoms with Gasteiger partial charge in [-0.3, -0.25) is 4.79 Å². The number of piperazine rings is 1. The standard InChI is InChI=1S/C14H20N2O3/c1-18-10-14(17)16-8-7-15-9-12(16)11-5-3-4-6-13(11)19-2/h3-6,12,15H,7-10H2,1-2H3. The lowest BCUT2D eigenvalue weighted by Crippen LogP contribution is -2.49. The van der Waals surface area contributed by atoms with E-state index < -0.39 is 0 Å². The predicted molar refractivity (Wildman–Crippen MR) is 72.2 cm³/mol. The second-order valence-electron chi connectivity index (χ2n) is 4.48. The molecule has 1 saturated heterocycles. The fourth-order valence-electron chi connectivity index (χ4n) is 2.43. The number of amides is 1. The quantitative estimate of drug-likeness (QED) is 0.874. The highest BCUT2D eigenvalue weighted by Gasteiger charge is 2.29. The van der Waals surface area contributed by atoms with Crippen molar-refractivity contribution in [2.75, 3.05) is 40.5 Å². The van der Waals surface area contributed by atoms with Crippen LogP contribution in [0.25, 0.3) is 0 Å². The first-order chi connectivity index (χ1) is 9.27. The topological polar surface area (TPSA) is 50.8 Å². The van der Waals surface area contributed by atoms with Gasteiger partial charge in [0.15, 0.2) is 0 Å². The molecular formula is C14H20N2O3. The maximum Gasteiger partial charge on any atom is 0.249 e. The fourth-order valence-corrected chi connectivity index (χ4v) is 2.43. The predicted octanol–water partition coefficient (Wildman–Crippen LogP) is 0.815. The van der Waals surface area contributed by atoms with Gasteiger partial charge in [0.2, 0.25) is 5.91 Å². The Kier molecular flexibility index (Phi) is 4.76. The Morgan fingerprint density at radius 3 is 2.95 bits per heavy atom. The number of carbonyl (C=O) groups is 1. The van der Waals surface area contributed by atoms with Crippen molar-refractivity contribution in [2.45, 2.75) is 6.04 Å². The number of benzene rings is 1. The molecule has 1 aliphatic heterocycles. The van der Waals surface area contributed by atoms with Gasteiger partial charge in [-0.25, -0.2) is 0 Å². The zero-order chi connectivity index (χ0) is 13.7. The van der Waals surface area contributed by atoms with Gasteiger partial charge in [-0.15, -0.1) is 0 Å². The molecule has 1 N–H and O–H groups in total. The zero-order valence-corrected chi connectivity index (χ0v) is 11.4. The zero-order valence-electron chi connectivity index (χ0n) is 11.4. The first-order valence-corrected chi connectivity index (χ1v) is 6.40. The number of ether oxygens (including phenoxy) is 2. The summed E-state index contributed by atoms with van der Waals surface area (Å²) in [5.41, 5.74) is 1.03.